The summed E-state index contributed by atoms with van der Waals surface area (Å²) in [6.45, 7) is -25.1. The first-order chi connectivity index (χ1) is 33.5. The number of thioether (sulfide) groups is 1. The highest BCUT2D eigenvalue weighted by atomic mass is 32.2. The maximum atomic E-state index is 15.8. The Labute approximate surface area is 338 Å². The highest BCUT2D eigenvalue weighted by Gasteiger charge is 2.31. The molecule has 0 unspecified atom stereocenters. The number of pyridine rings is 1. The second-order valence-corrected chi connectivity index (χ2v) is 11.9. The first kappa shape index (κ1) is 19.7. The van der Waals surface area contributed by atoms with Crippen LogP contribution < -0.4 is 5.43 Å². The van der Waals surface area contributed by atoms with Crippen molar-refractivity contribution in [3.05, 3.63) is 135 Å². The maximum absolute atomic E-state index is 15.8. The number of likely N-dealkylation sites (tertiary alicyclic amines) is 1. The first-order valence-electron chi connectivity index (χ1n) is 25.7. The van der Waals surface area contributed by atoms with Gasteiger partial charge in [0.05, 0.1) is 37.7 Å². The molecule has 278 valence electrons. The van der Waals surface area contributed by atoms with Gasteiger partial charge in [-0.3, -0.25) is 9.59 Å². The Kier molecular flexibility index (Phi) is 6.19. The quantitative estimate of drug-likeness (QED) is 0.0940. The minimum atomic E-state index is -4.96. The fraction of sp³-hybridized carbons (Fsp3) is 0.317. The van der Waals surface area contributed by atoms with Crippen LogP contribution in [0.4, 0.5) is 22.0 Å². The fourth-order valence-corrected chi connectivity index (χ4v) is 5.71. The van der Waals surface area contributed by atoms with Gasteiger partial charge in [-0.2, -0.15) is 13.2 Å². The van der Waals surface area contributed by atoms with Gasteiger partial charge in [-0.05, 0) is 66.6 Å². The Balaban J connectivity index is 1.74. The predicted molar refractivity (Wildman–Crippen MR) is 198 cm³/mol. The molecule has 5 aromatic rings. The Bertz CT molecular complexity index is 3100. The molecule has 4 aromatic carbocycles. The molecule has 0 atom stereocenters. The van der Waals surface area contributed by atoms with Crippen molar-refractivity contribution >= 4 is 28.6 Å². The lowest BCUT2D eigenvalue weighted by Gasteiger charge is -2.39. The van der Waals surface area contributed by atoms with Crippen molar-refractivity contribution in [2.24, 2.45) is 0 Å². The lowest BCUT2D eigenvalue weighted by Crippen LogP contribution is -2.48. The lowest BCUT2D eigenvalue weighted by atomic mass is 10.00. The van der Waals surface area contributed by atoms with Crippen molar-refractivity contribution in [2.75, 3.05) is 33.2 Å². The third-order valence-corrected chi connectivity index (χ3v) is 8.34. The van der Waals surface area contributed by atoms with Gasteiger partial charge in [0, 0.05) is 75.6 Å². The number of rotatable bonds is 12. The van der Waals surface area contributed by atoms with Crippen molar-refractivity contribution in [1.29, 1.82) is 0 Å². The summed E-state index contributed by atoms with van der Waals surface area (Å²) in [5.41, 5.74) is -5.68. The fourth-order valence-electron chi connectivity index (χ4n) is 4.76. The number of carbonyl (C=O) groups excluding carboxylic acids is 1. The van der Waals surface area contributed by atoms with Gasteiger partial charge in [-0.1, -0.05) is 60.1 Å². The van der Waals surface area contributed by atoms with E-state index >= 15 is 9.18 Å². The minimum Gasteiger partial charge on any atom is -0.383 e. The van der Waals surface area contributed by atoms with Gasteiger partial charge in [0.25, 0.3) is 0 Å². The van der Waals surface area contributed by atoms with Crippen molar-refractivity contribution in [3.63, 3.8) is 0 Å². The van der Waals surface area contributed by atoms with Crippen molar-refractivity contribution < 1.29 is 60.3 Å². The Morgan fingerprint density at radius 3 is 2.38 bits per heavy atom. The molecule has 6 nitrogen and oxygen atoms in total. The normalized spacial score (nSPS) is 25.5. The molecule has 2 heterocycles. The number of hydrogen-bond acceptors (Lipinski definition) is 5. The van der Waals surface area contributed by atoms with Crippen LogP contribution in [0.3, 0.4) is 0 Å². The molecule has 1 aliphatic rings. The summed E-state index contributed by atoms with van der Waals surface area (Å²) in [4.78, 5) is 28.0. The van der Waals surface area contributed by atoms with Crippen LogP contribution in [0.5, 0.6) is 0 Å². The van der Waals surface area contributed by atoms with Crippen LogP contribution in [-0.2, 0) is 34.5 Å². The average molecular weight is 771 g/mol. The number of halogens is 5. The second-order valence-electron chi connectivity index (χ2n) is 10.9. The van der Waals surface area contributed by atoms with Crippen LogP contribution in [0.2, 0.25) is 0 Å². The smallest absolute Gasteiger partial charge is 0.383 e. The van der Waals surface area contributed by atoms with Crippen LogP contribution in [0.25, 0.3) is 22.0 Å². The van der Waals surface area contributed by atoms with E-state index in [1.807, 2.05) is 0 Å². The van der Waals surface area contributed by atoms with Crippen LogP contribution in [0.1, 0.15) is 63.8 Å². The lowest BCUT2D eigenvalue weighted by molar-refractivity contribution is -0.137. The zero-order valence-electron chi connectivity index (χ0n) is 48.4. The molecule has 0 radical (unpaired) electrons. The molecule has 0 bridgehead atoms. The van der Waals surface area contributed by atoms with E-state index in [2.05, 4.69) is 4.74 Å². The van der Waals surface area contributed by atoms with Gasteiger partial charge in [0.1, 0.15) is 6.50 Å². The standard InChI is InChI=1S/C41H40F5N3O3S/c1-27-6-15-36-34(22-27)37(50)23-39(53-26-31-4-3-5-35(42)40(31)43)49(36)25-38(51)48(33-16-18-47(19-17-33)20-21-52-2)24-28-7-9-29(10-8-28)30-11-13-32(14-12-30)41(44,45)46/h3-15,22-23,33H,16-21,24-26H2,1-2H3/i6D,15D,16D2,17D2,18D2,19D2,20D2,21D2,22D,23D,24D2,25D2,33D. The number of piperidine rings is 1. The number of alkyl halides is 3. The number of hydrogen-bond donors (Lipinski definition) is 0. The van der Waals surface area contributed by atoms with Gasteiger partial charge < -0.3 is 19.1 Å². The maximum Gasteiger partial charge on any atom is 0.416 e. The molecular formula is C41H40F5N3O3S. The number of fused-ring (bicyclic) bond motifs is 1. The van der Waals surface area contributed by atoms with E-state index in [1.54, 1.807) is 0 Å². The van der Waals surface area contributed by atoms with Crippen LogP contribution in [0, 0.1) is 18.6 Å². The van der Waals surface area contributed by atoms with Gasteiger partial charge in [0.2, 0.25) is 5.91 Å². The first-order valence-corrected chi connectivity index (χ1v) is 16.2. The van der Waals surface area contributed by atoms with Gasteiger partial charge in [-0.15, -0.1) is 11.8 Å². The number of aromatic nitrogens is 1. The van der Waals surface area contributed by atoms with E-state index in [4.69, 9.17) is 16.4 Å². The number of carbonyl (C=O) groups is 1. The minimum absolute atomic E-state index is 0.00289. The number of amides is 1. The molecule has 1 fully saturated rings. The molecular weight excluding hydrogens is 710 g/mol. The molecule has 12 heteroatoms. The second kappa shape index (κ2) is 16.7. The number of nitrogens with zero attached hydrogens (tertiary/aromatic N) is 3. The molecule has 1 aromatic heterocycles. The number of ether oxygens (including phenoxy) is 1. The van der Waals surface area contributed by atoms with Crippen LogP contribution in [0.15, 0.2) is 101 Å². The molecule has 1 aliphatic heterocycles. The Morgan fingerprint density at radius 2 is 1.72 bits per heavy atom. The van der Waals surface area contributed by atoms with Gasteiger partial charge in [0.15, 0.2) is 17.1 Å². The van der Waals surface area contributed by atoms with E-state index < -0.39 is 165 Å². The van der Waals surface area contributed by atoms with Crippen LogP contribution in [-0.4, -0.2) is 59.5 Å². The number of benzene rings is 4. The largest absolute Gasteiger partial charge is 0.416 e. The van der Waals surface area contributed by atoms with Gasteiger partial charge in [-0.25, -0.2) is 8.78 Å². The molecule has 53 heavy (non-hydrogen) atoms. The summed E-state index contributed by atoms with van der Waals surface area (Å²) in [6.07, 6.45) is -14.4. The van der Waals surface area contributed by atoms with Crippen molar-refractivity contribution in [1.82, 2.24) is 14.4 Å². The van der Waals surface area contributed by atoms with E-state index in [9.17, 15) is 34.7 Å². The molecule has 0 saturated carbocycles. The zero-order valence-corrected chi connectivity index (χ0v) is 28.2. The molecule has 1 amide bonds. The highest BCUT2D eigenvalue weighted by Crippen LogP contribution is 2.32. The van der Waals surface area contributed by atoms with Crippen molar-refractivity contribution in [2.45, 2.75) is 55.6 Å². The zero-order chi connectivity index (χ0) is 56.4. The van der Waals surface area contributed by atoms with Gasteiger partial charge >= 0.3 is 6.18 Å². The van der Waals surface area contributed by atoms with E-state index in [1.165, 1.54) is 0 Å². The molecule has 0 N–H and O–H groups in total. The third kappa shape index (κ3) is 9.17. The average Bonchev–Trinajstić information content (AvgIpc) is 3.30. The van der Waals surface area contributed by atoms with Crippen LogP contribution >= 0.6 is 11.8 Å². The molecule has 6 rings (SSSR count). The predicted octanol–water partition coefficient (Wildman–Crippen LogP) is 8.71. The van der Waals surface area contributed by atoms with E-state index in [-0.39, 0.29) is 27.5 Å². The summed E-state index contributed by atoms with van der Waals surface area (Å²) in [6, 6.07) is 0.196. The summed E-state index contributed by atoms with van der Waals surface area (Å²) in [7, 11) is 0.520. The Hall–Kier alpha value is -4.52. The van der Waals surface area contributed by atoms with E-state index in [0.29, 0.717) is 25.3 Å². The SMILES string of the molecule is [2H]c1c(C)c([2H])c2c(=O)c([2H])c(SCc3cccc(F)c3F)n(C([2H])([2H])C(=O)N(C([2H])([2H])c3ccc(-c4ccc(C(F)(F)F)cc4)cc3)C3([2H])C([2H])([2H])C([2H])([2H])N(C([2H])([2H])C([2H])([2H])OC)C([2H])([2H])C3([2H])[2H])c2c1[2H]. The monoisotopic (exact) mass is 770 g/mol. The summed E-state index contributed by atoms with van der Waals surface area (Å²) >= 11 is 0.0913. The highest BCUT2D eigenvalue weighted by molar-refractivity contribution is 7.98. The molecule has 1 saturated heterocycles. The summed E-state index contributed by atoms with van der Waals surface area (Å²) in [5.74, 6) is -6.51. The number of methoxy groups -OCH3 is 1. The molecule has 0 aliphatic carbocycles. The molecule has 0 spiro atoms. The summed E-state index contributed by atoms with van der Waals surface area (Å²) in [5, 5.41) is -2.19. The Morgan fingerprint density at radius 1 is 1.04 bits per heavy atom. The summed E-state index contributed by atoms with van der Waals surface area (Å²) < 4.78 is 264. The van der Waals surface area contributed by atoms with Crippen molar-refractivity contribution in [3.8, 4) is 11.1 Å². The van der Waals surface area contributed by atoms with E-state index in [0.717, 1.165) is 55.5 Å². The topological polar surface area (TPSA) is 54.8 Å². The third-order valence-electron chi connectivity index (χ3n) is 7.33.